The van der Waals surface area contributed by atoms with E-state index in [0.29, 0.717) is 0 Å². The molecule has 1 aliphatic carbocycles. The number of benzene rings is 1. The van der Waals surface area contributed by atoms with E-state index >= 15 is 0 Å². The van der Waals surface area contributed by atoms with Gasteiger partial charge in [0.15, 0.2) is 0 Å². The van der Waals surface area contributed by atoms with Crippen LogP contribution in [-0.2, 0) is 11.0 Å². The van der Waals surface area contributed by atoms with Crippen molar-refractivity contribution in [1.82, 2.24) is 0 Å². The zero-order chi connectivity index (χ0) is 11.8. The smallest absolute Gasteiger partial charge is 0.0409 e. The molecule has 2 heteroatoms. The van der Waals surface area contributed by atoms with Gasteiger partial charge in [0, 0.05) is 5.54 Å². The van der Waals surface area contributed by atoms with Crippen LogP contribution in [0.25, 0.3) is 0 Å². The van der Waals surface area contributed by atoms with Crippen LogP contribution in [0.4, 0.5) is 0 Å². The Hall–Kier alpha value is -0.530. The molecular formula is C15H24ClN. The van der Waals surface area contributed by atoms with Gasteiger partial charge < -0.3 is 5.73 Å². The molecule has 1 fully saturated rings. The van der Waals surface area contributed by atoms with Gasteiger partial charge in [0.1, 0.15) is 0 Å². The predicted octanol–water partition coefficient (Wildman–Crippen LogP) is 4.13. The zero-order valence-corrected chi connectivity index (χ0v) is 11.9. The predicted molar refractivity (Wildman–Crippen MR) is 76.7 cm³/mol. The SMILES string of the molecule is CC(C)(C)c1ccc(C2(N)CCCC2)cc1.Cl. The molecule has 2 rings (SSSR count). The third-order valence-corrected chi connectivity index (χ3v) is 3.82. The van der Waals surface area contributed by atoms with Crippen LogP contribution in [0.2, 0.25) is 0 Å². The van der Waals surface area contributed by atoms with E-state index in [0.717, 1.165) is 12.8 Å². The molecule has 0 amide bonds. The van der Waals surface area contributed by atoms with Crippen molar-refractivity contribution in [2.75, 3.05) is 0 Å². The number of rotatable bonds is 1. The average molecular weight is 254 g/mol. The first-order valence-corrected chi connectivity index (χ1v) is 6.32. The maximum atomic E-state index is 6.44. The minimum Gasteiger partial charge on any atom is -0.321 e. The molecular weight excluding hydrogens is 230 g/mol. The van der Waals surface area contributed by atoms with Gasteiger partial charge >= 0.3 is 0 Å². The Morgan fingerprint density at radius 2 is 1.47 bits per heavy atom. The van der Waals surface area contributed by atoms with Crippen LogP contribution in [0.5, 0.6) is 0 Å². The van der Waals surface area contributed by atoms with Gasteiger partial charge in [0.2, 0.25) is 0 Å². The topological polar surface area (TPSA) is 26.0 Å². The highest BCUT2D eigenvalue weighted by molar-refractivity contribution is 5.85. The van der Waals surface area contributed by atoms with E-state index in [4.69, 9.17) is 5.73 Å². The van der Waals surface area contributed by atoms with Crippen LogP contribution in [0.3, 0.4) is 0 Å². The van der Waals surface area contributed by atoms with Crippen LogP contribution < -0.4 is 5.73 Å². The van der Waals surface area contributed by atoms with Crippen molar-refractivity contribution in [2.24, 2.45) is 5.73 Å². The van der Waals surface area contributed by atoms with E-state index in [1.54, 1.807) is 0 Å². The molecule has 0 saturated heterocycles. The first-order valence-electron chi connectivity index (χ1n) is 6.32. The van der Waals surface area contributed by atoms with E-state index in [-0.39, 0.29) is 23.4 Å². The maximum absolute atomic E-state index is 6.44. The number of nitrogens with two attached hydrogens (primary N) is 1. The van der Waals surface area contributed by atoms with Gasteiger partial charge in [-0.2, -0.15) is 0 Å². The minimum atomic E-state index is -0.0452. The molecule has 2 N–H and O–H groups in total. The van der Waals surface area contributed by atoms with E-state index in [1.807, 2.05) is 0 Å². The van der Waals surface area contributed by atoms with Gasteiger partial charge in [0.25, 0.3) is 0 Å². The van der Waals surface area contributed by atoms with Gasteiger partial charge in [-0.1, -0.05) is 57.9 Å². The Labute approximate surface area is 111 Å². The van der Waals surface area contributed by atoms with Crippen LogP contribution in [0.1, 0.15) is 57.6 Å². The quantitative estimate of drug-likeness (QED) is 0.800. The van der Waals surface area contributed by atoms with Gasteiger partial charge in [-0.15, -0.1) is 12.4 Å². The van der Waals surface area contributed by atoms with Crippen LogP contribution in [0.15, 0.2) is 24.3 Å². The Bertz CT molecular complexity index is 356. The fraction of sp³-hybridized carbons (Fsp3) is 0.600. The molecule has 96 valence electrons. The molecule has 1 nitrogen and oxygen atoms in total. The lowest BCUT2D eigenvalue weighted by atomic mass is 9.83. The summed E-state index contributed by atoms with van der Waals surface area (Å²) >= 11 is 0. The van der Waals surface area contributed by atoms with Crippen molar-refractivity contribution in [2.45, 2.75) is 57.4 Å². The Kier molecular flexibility index (Phi) is 4.27. The van der Waals surface area contributed by atoms with Gasteiger partial charge in [-0.05, 0) is 29.4 Å². The summed E-state index contributed by atoms with van der Waals surface area (Å²) in [5.41, 5.74) is 9.33. The lowest BCUT2D eigenvalue weighted by Crippen LogP contribution is -2.33. The number of hydrogen-bond acceptors (Lipinski definition) is 1. The van der Waals surface area contributed by atoms with E-state index in [9.17, 15) is 0 Å². The summed E-state index contributed by atoms with van der Waals surface area (Å²) < 4.78 is 0. The number of hydrogen-bond donors (Lipinski definition) is 1. The summed E-state index contributed by atoms with van der Waals surface area (Å²) in [6, 6.07) is 8.93. The first kappa shape index (κ1) is 14.5. The molecule has 0 bridgehead atoms. The Morgan fingerprint density at radius 3 is 1.88 bits per heavy atom. The molecule has 0 heterocycles. The van der Waals surface area contributed by atoms with Gasteiger partial charge in [-0.3, -0.25) is 0 Å². The average Bonchev–Trinajstić information content (AvgIpc) is 2.66. The van der Waals surface area contributed by atoms with Crippen molar-refractivity contribution in [3.05, 3.63) is 35.4 Å². The van der Waals surface area contributed by atoms with E-state index < -0.39 is 0 Å². The zero-order valence-electron chi connectivity index (χ0n) is 11.1. The second-order valence-electron chi connectivity index (χ2n) is 6.19. The lowest BCUT2D eigenvalue weighted by Gasteiger charge is -2.26. The lowest BCUT2D eigenvalue weighted by molar-refractivity contribution is 0.461. The minimum absolute atomic E-state index is 0. The van der Waals surface area contributed by atoms with Crippen molar-refractivity contribution in [1.29, 1.82) is 0 Å². The van der Waals surface area contributed by atoms with Crippen molar-refractivity contribution in [3.8, 4) is 0 Å². The highest BCUT2D eigenvalue weighted by Crippen LogP contribution is 2.36. The molecule has 0 atom stereocenters. The van der Waals surface area contributed by atoms with Crippen LogP contribution >= 0.6 is 12.4 Å². The second-order valence-corrected chi connectivity index (χ2v) is 6.19. The molecule has 0 unspecified atom stereocenters. The summed E-state index contributed by atoms with van der Waals surface area (Å²) in [6.45, 7) is 6.74. The Balaban J connectivity index is 0.00000144. The highest BCUT2D eigenvalue weighted by Gasteiger charge is 2.31. The van der Waals surface area contributed by atoms with E-state index in [2.05, 4.69) is 45.0 Å². The molecule has 1 aromatic carbocycles. The normalized spacial score (nSPS) is 18.8. The van der Waals surface area contributed by atoms with Gasteiger partial charge in [-0.25, -0.2) is 0 Å². The van der Waals surface area contributed by atoms with Crippen molar-refractivity contribution in [3.63, 3.8) is 0 Å². The second kappa shape index (κ2) is 4.99. The first-order chi connectivity index (χ1) is 7.42. The molecule has 1 aliphatic rings. The monoisotopic (exact) mass is 253 g/mol. The number of halogens is 1. The molecule has 0 aliphatic heterocycles. The standard InChI is InChI=1S/C15H23N.ClH/c1-14(2,3)12-6-8-13(9-7-12)15(16)10-4-5-11-15;/h6-9H,4-5,10-11,16H2,1-3H3;1H. The molecule has 17 heavy (non-hydrogen) atoms. The molecule has 1 aromatic rings. The summed E-state index contributed by atoms with van der Waals surface area (Å²) in [5.74, 6) is 0. The third kappa shape index (κ3) is 3.02. The van der Waals surface area contributed by atoms with E-state index in [1.165, 1.54) is 24.0 Å². The van der Waals surface area contributed by atoms with Crippen LogP contribution in [-0.4, -0.2) is 0 Å². The third-order valence-electron chi connectivity index (χ3n) is 3.82. The largest absolute Gasteiger partial charge is 0.321 e. The summed E-state index contributed by atoms with van der Waals surface area (Å²) in [7, 11) is 0. The molecule has 0 aromatic heterocycles. The van der Waals surface area contributed by atoms with Gasteiger partial charge in [0.05, 0.1) is 0 Å². The van der Waals surface area contributed by atoms with Crippen molar-refractivity contribution >= 4 is 12.4 Å². The Morgan fingerprint density at radius 1 is 1.00 bits per heavy atom. The van der Waals surface area contributed by atoms with Crippen molar-refractivity contribution < 1.29 is 0 Å². The van der Waals surface area contributed by atoms with Crippen LogP contribution in [0, 0.1) is 0 Å². The summed E-state index contributed by atoms with van der Waals surface area (Å²) in [6.07, 6.45) is 4.83. The fourth-order valence-electron chi connectivity index (χ4n) is 2.60. The highest BCUT2D eigenvalue weighted by atomic mass is 35.5. The maximum Gasteiger partial charge on any atom is 0.0409 e. The fourth-order valence-corrected chi connectivity index (χ4v) is 2.60. The molecule has 0 radical (unpaired) electrons. The summed E-state index contributed by atoms with van der Waals surface area (Å²) in [5, 5.41) is 0. The molecule has 1 saturated carbocycles. The summed E-state index contributed by atoms with van der Waals surface area (Å²) in [4.78, 5) is 0. The molecule has 0 spiro atoms.